The zero-order chi connectivity index (χ0) is 25.0. The number of anilines is 1. The van der Waals surface area contributed by atoms with Crippen LogP contribution in [-0.2, 0) is 16.4 Å². The lowest BCUT2D eigenvalue weighted by Crippen LogP contribution is -2.07. The van der Waals surface area contributed by atoms with E-state index in [9.17, 15) is 8.42 Å². The molecule has 0 spiro atoms. The van der Waals surface area contributed by atoms with Crippen molar-refractivity contribution in [1.29, 1.82) is 0 Å². The smallest absolute Gasteiger partial charge is 0.234 e. The predicted molar refractivity (Wildman–Crippen MR) is 139 cm³/mol. The predicted octanol–water partition coefficient (Wildman–Crippen LogP) is 7.23. The Morgan fingerprint density at radius 1 is 0.806 bits per heavy atom. The van der Waals surface area contributed by atoms with Gasteiger partial charge < -0.3 is 14.5 Å². The highest BCUT2D eigenvalue weighted by atomic mass is 35.5. The van der Waals surface area contributed by atoms with Crippen molar-refractivity contribution in [1.82, 2.24) is 4.98 Å². The van der Waals surface area contributed by atoms with Crippen molar-refractivity contribution in [2.24, 2.45) is 0 Å². The lowest BCUT2D eigenvalue weighted by Gasteiger charge is -2.09. The average Bonchev–Trinajstić information content (AvgIpc) is 3.35. The van der Waals surface area contributed by atoms with Crippen molar-refractivity contribution in [3.8, 4) is 23.0 Å². The second-order valence-electron chi connectivity index (χ2n) is 7.89. The van der Waals surface area contributed by atoms with Gasteiger partial charge in [-0.15, -0.1) is 0 Å². The first-order valence-electron chi connectivity index (χ1n) is 11.1. The Morgan fingerprint density at radius 3 is 2.19 bits per heavy atom. The van der Waals surface area contributed by atoms with Gasteiger partial charge in [-0.3, -0.25) is 0 Å². The fraction of sp³-hybridized carbons (Fsp3) is 0.0357. The summed E-state index contributed by atoms with van der Waals surface area (Å²) < 4.78 is 38.7. The number of sulfone groups is 1. The summed E-state index contributed by atoms with van der Waals surface area (Å²) in [7, 11) is -3.98. The quantitative estimate of drug-likeness (QED) is 0.234. The van der Waals surface area contributed by atoms with Gasteiger partial charge >= 0.3 is 0 Å². The third-order valence-electron chi connectivity index (χ3n) is 5.33. The molecular weight excluding hydrogens is 496 g/mol. The number of benzene rings is 4. The van der Waals surface area contributed by atoms with Crippen LogP contribution in [0.3, 0.4) is 0 Å². The van der Waals surface area contributed by atoms with Crippen LogP contribution in [0.2, 0.25) is 5.02 Å². The molecule has 1 heterocycles. The molecule has 0 radical (unpaired) electrons. The molecule has 0 aliphatic carbocycles. The number of aromatic nitrogens is 1. The van der Waals surface area contributed by atoms with Crippen molar-refractivity contribution in [3.63, 3.8) is 0 Å². The van der Waals surface area contributed by atoms with Gasteiger partial charge in [0.05, 0.1) is 4.90 Å². The van der Waals surface area contributed by atoms with Crippen molar-refractivity contribution in [2.45, 2.75) is 16.5 Å². The Morgan fingerprint density at radius 2 is 1.47 bits per heavy atom. The Labute approximate surface area is 214 Å². The molecular formula is C28H21ClN2O4S. The first kappa shape index (κ1) is 23.7. The molecule has 5 rings (SSSR count). The maximum Gasteiger partial charge on any atom is 0.234 e. The number of ether oxygens (including phenoxy) is 1. The SMILES string of the molecule is O=S(=O)(c1ccc(Cl)cc1)c1nc(-c2ccccc2)oc1NCc1cccc(Oc2ccccc2)c1. The summed E-state index contributed by atoms with van der Waals surface area (Å²) in [6, 6.07) is 32.1. The largest absolute Gasteiger partial charge is 0.457 e. The van der Waals surface area contributed by atoms with Crippen LogP contribution in [0.4, 0.5) is 5.88 Å². The highest BCUT2D eigenvalue weighted by Gasteiger charge is 2.28. The van der Waals surface area contributed by atoms with E-state index in [0.29, 0.717) is 22.9 Å². The van der Waals surface area contributed by atoms with E-state index in [1.165, 1.54) is 24.3 Å². The number of oxazole rings is 1. The fourth-order valence-electron chi connectivity index (χ4n) is 3.56. The third-order valence-corrected chi connectivity index (χ3v) is 7.26. The van der Waals surface area contributed by atoms with E-state index in [0.717, 1.165) is 11.3 Å². The van der Waals surface area contributed by atoms with Gasteiger partial charge in [-0.2, -0.15) is 4.98 Å². The van der Waals surface area contributed by atoms with Crippen molar-refractivity contribution in [2.75, 3.05) is 5.32 Å². The van der Waals surface area contributed by atoms with Crippen LogP contribution in [0.15, 0.2) is 124 Å². The van der Waals surface area contributed by atoms with E-state index in [1.54, 1.807) is 12.1 Å². The number of rotatable bonds is 8. The van der Waals surface area contributed by atoms with Crippen LogP contribution < -0.4 is 10.1 Å². The number of nitrogens with zero attached hydrogens (tertiary/aromatic N) is 1. The molecule has 0 saturated heterocycles. The molecule has 0 aliphatic heterocycles. The molecule has 180 valence electrons. The minimum atomic E-state index is -3.98. The van der Waals surface area contributed by atoms with Gasteiger partial charge in [0.25, 0.3) is 0 Å². The van der Waals surface area contributed by atoms with Crippen LogP contribution in [0.1, 0.15) is 5.56 Å². The standard InChI is InChI=1S/C28H21ClN2O4S/c29-22-14-16-25(17-15-22)36(32,33)28-27(35-26(31-28)21-9-3-1-4-10-21)30-19-20-8-7-13-24(18-20)34-23-11-5-2-6-12-23/h1-18,30H,19H2. The minimum absolute atomic E-state index is 0.0539. The van der Waals surface area contributed by atoms with Crippen molar-refractivity contribution in [3.05, 3.63) is 120 Å². The molecule has 0 aliphatic rings. The van der Waals surface area contributed by atoms with Crippen molar-refractivity contribution < 1.29 is 17.6 Å². The zero-order valence-electron chi connectivity index (χ0n) is 19.0. The number of para-hydroxylation sites is 1. The maximum atomic E-state index is 13.5. The van der Waals surface area contributed by atoms with Crippen LogP contribution in [-0.4, -0.2) is 13.4 Å². The summed E-state index contributed by atoms with van der Waals surface area (Å²) in [5, 5.41) is 3.35. The zero-order valence-corrected chi connectivity index (χ0v) is 20.5. The van der Waals surface area contributed by atoms with Crippen LogP contribution in [0.25, 0.3) is 11.5 Å². The van der Waals surface area contributed by atoms with Crippen molar-refractivity contribution >= 4 is 27.3 Å². The van der Waals surface area contributed by atoms with Gasteiger partial charge in [0, 0.05) is 17.1 Å². The highest BCUT2D eigenvalue weighted by Crippen LogP contribution is 2.33. The van der Waals surface area contributed by atoms with Crippen LogP contribution >= 0.6 is 11.6 Å². The summed E-state index contributed by atoms with van der Waals surface area (Å²) >= 11 is 5.95. The number of halogens is 1. The topological polar surface area (TPSA) is 81.4 Å². The van der Waals surface area contributed by atoms with Gasteiger partial charge in [0.15, 0.2) is 0 Å². The molecule has 0 unspecified atom stereocenters. The Kier molecular flexibility index (Phi) is 6.75. The second kappa shape index (κ2) is 10.3. The Bertz CT molecular complexity index is 1570. The summed E-state index contributed by atoms with van der Waals surface area (Å²) in [5.41, 5.74) is 1.53. The van der Waals surface area contributed by atoms with E-state index in [2.05, 4.69) is 10.3 Å². The molecule has 1 aromatic heterocycles. The van der Waals surface area contributed by atoms with Gasteiger partial charge in [0.2, 0.25) is 26.6 Å². The summed E-state index contributed by atoms with van der Waals surface area (Å²) in [6.07, 6.45) is 0. The Hall–Kier alpha value is -4.07. The number of hydrogen-bond donors (Lipinski definition) is 1. The Balaban J connectivity index is 1.45. The normalized spacial score (nSPS) is 11.2. The number of nitrogens with one attached hydrogen (secondary N) is 1. The van der Waals surface area contributed by atoms with Gasteiger partial charge in [-0.25, -0.2) is 8.42 Å². The minimum Gasteiger partial charge on any atom is -0.457 e. The summed E-state index contributed by atoms with van der Waals surface area (Å²) in [5.74, 6) is 1.64. The van der Waals surface area contributed by atoms with Crippen LogP contribution in [0, 0.1) is 0 Å². The molecule has 4 aromatic carbocycles. The summed E-state index contributed by atoms with van der Waals surface area (Å²) in [6.45, 7) is 0.290. The molecule has 8 heteroatoms. The third kappa shape index (κ3) is 5.27. The van der Waals surface area contributed by atoms with Gasteiger partial charge in [-0.05, 0) is 66.2 Å². The number of hydrogen-bond acceptors (Lipinski definition) is 6. The highest BCUT2D eigenvalue weighted by molar-refractivity contribution is 7.91. The molecule has 0 amide bonds. The van der Waals surface area contributed by atoms with Crippen LogP contribution in [0.5, 0.6) is 11.5 Å². The average molecular weight is 517 g/mol. The van der Waals surface area contributed by atoms with E-state index >= 15 is 0 Å². The molecule has 5 aromatic rings. The van der Waals surface area contributed by atoms with E-state index in [1.807, 2.05) is 72.8 Å². The molecule has 0 saturated carbocycles. The van der Waals surface area contributed by atoms with Gasteiger partial charge in [-0.1, -0.05) is 60.1 Å². The molecule has 0 bridgehead atoms. The lowest BCUT2D eigenvalue weighted by atomic mass is 10.2. The lowest BCUT2D eigenvalue weighted by molar-refractivity contribution is 0.482. The van der Waals surface area contributed by atoms with Gasteiger partial charge in [0.1, 0.15) is 11.5 Å². The molecule has 1 N–H and O–H groups in total. The molecule has 0 atom stereocenters. The maximum absolute atomic E-state index is 13.5. The fourth-order valence-corrected chi connectivity index (χ4v) is 4.96. The molecule has 36 heavy (non-hydrogen) atoms. The van der Waals surface area contributed by atoms with E-state index in [-0.39, 0.29) is 21.7 Å². The monoisotopic (exact) mass is 516 g/mol. The first-order chi connectivity index (χ1) is 17.5. The van der Waals surface area contributed by atoms with E-state index in [4.69, 9.17) is 20.8 Å². The second-order valence-corrected chi connectivity index (χ2v) is 10.2. The molecule has 6 nitrogen and oxygen atoms in total. The van der Waals surface area contributed by atoms with E-state index < -0.39 is 9.84 Å². The first-order valence-corrected chi connectivity index (χ1v) is 13.0. The molecule has 0 fully saturated rings. The summed E-state index contributed by atoms with van der Waals surface area (Å²) in [4.78, 5) is 4.43.